The van der Waals surface area contributed by atoms with Gasteiger partial charge >= 0.3 is 0 Å². The minimum atomic E-state index is -3.03. The number of anilines is 2. The van der Waals surface area contributed by atoms with Gasteiger partial charge < -0.3 is 10.1 Å². The molecule has 0 fully saturated rings. The number of hydrogen-bond acceptors (Lipinski definition) is 6. The van der Waals surface area contributed by atoms with Gasteiger partial charge in [0.05, 0.1) is 23.6 Å². The first kappa shape index (κ1) is 22.7. The summed E-state index contributed by atoms with van der Waals surface area (Å²) in [6, 6.07) is 13.5. The highest BCUT2D eigenvalue weighted by Crippen LogP contribution is 2.35. The number of nitrogens with one attached hydrogen (secondary N) is 1. The lowest BCUT2D eigenvalue weighted by atomic mass is 10.0. The number of para-hydroxylation sites is 2. The van der Waals surface area contributed by atoms with E-state index in [0.29, 0.717) is 35.4 Å². The van der Waals surface area contributed by atoms with E-state index >= 15 is 0 Å². The first-order valence-electron chi connectivity index (χ1n) is 10.4. The lowest BCUT2D eigenvalue weighted by molar-refractivity contribution is 0.0982. The summed E-state index contributed by atoms with van der Waals surface area (Å²) in [5.41, 5.74) is 3.87. The average molecular weight is 441 g/mol. The van der Waals surface area contributed by atoms with Crippen molar-refractivity contribution < 1.29 is 17.9 Å². The number of Topliss-reactive ketones (excluding diaryl/α,β-unsaturated/α-hetero) is 1. The van der Waals surface area contributed by atoms with E-state index in [1.54, 1.807) is 12.3 Å². The summed E-state index contributed by atoms with van der Waals surface area (Å²) in [4.78, 5) is 17.3. The molecule has 164 valence electrons. The molecule has 0 aliphatic rings. The fourth-order valence-corrected chi connectivity index (χ4v) is 4.01. The molecule has 1 heterocycles. The zero-order chi connectivity index (χ0) is 22.4. The van der Waals surface area contributed by atoms with Crippen LogP contribution in [-0.4, -0.2) is 37.8 Å². The zero-order valence-electron chi connectivity index (χ0n) is 18.1. The summed E-state index contributed by atoms with van der Waals surface area (Å²) >= 11 is 0. The number of carbonyl (C=O) groups excluding carboxylic acids is 1. The van der Waals surface area contributed by atoms with Crippen molar-refractivity contribution in [3.05, 3.63) is 59.8 Å². The van der Waals surface area contributed by atoms with Crippen LogP contribution in [-0.2, 0) is 9.84 Å². The van der Waals surface area contributed by atoms with Crippen molar-refractivity contribution in [2.75, 3.05) is 23.9 Å². The van der Waals surface area contributed by atoms with Gasteiger partial charge in [-0.3, -0.25) is 9.78 Å². The first-order chi connectivity index (χ1) is 14.8. The fourth-order valence-electron chi connectivity index (χ4n) is 3.37. The van der Waals surface area contributed by atoms with Gasteiger partial charge in [-0.2, -0.15) is 0 Å². The van der Waals surface area contributed by atoms with Crippen LogP contribution >= 0.6 is 0 Å². The summed E-state index contributed by atoms with van der Waals surface area (Å²) in [5.74, 6) is 0.668. The van der Waals surface area contributed by atoms with E-state index in [1.807, 2.05) is 50.2 Å². The third-order valence-electron chi connectivity index (χ3n) is 4.96. The van der Waals surface area contributed by atoms with Crippen LogP contribution in [0.3, 0.4) is 0 Å². The van der Waals surface area contributed by atoms with Gasteiger partial charge in [0.15, 0.2) is 5.78 Å². The molecule has 2 aromatic carbocycles. The summed E-state index contributed by atoms with van der Waals surface area (Å²) in [6.45, 7) is 4.25. The number of ketones is 1. The summed E-state index contributed by atoms with van der Waals surface area (Å²) in [7, 11) is -3.03. The normalized spacial score (nSPS) is 11.5. The maximum absolute atomic E-state index is 12.8. The van der Waals surface area contributed by atoms with Crippen LogP contribution in [0, 0.1) is 6.92 Å². The van der Waals surface area contributed by atoms with Crippen LogP contribution in [0.5, 0.6) is 5.75 Å². The van der Waals surface area contributed by atoms with Crippen LogP contribution in [0.1, 0.15) is 42.1 Å². The predicted octanol–water partition coefficient (Wildman–Crippen LogP) is 5.08. The van der Waals surface area contributed by atoms with Gasteiger partial charge in [0.1, 0.15) is 21.1 Å². The number of pyridine rings is 1. The number of aryl methyl sites for hydroxylation is 1. The van der Waals surface area contributed by atoms with Gasteiger partial charge in [0.2, 0.25) is 0 Å². The quantitative estimate of drug-likeness (QED) is 0.349. The summed E-state index contributed by atoms with van der Waals surface area (Å²) in [6.07, 6.45) is 4.41. The molecule has 1 N–H and O–H groups in total. The maximum Gasteiger partial charge on any atom is 0.166 e. The Hall–Kier alpha value is -2.93. The number of benzene rings is 2. The molecule has 0 unspecified atom stereocenters. The van der Waals surface area contributed by atoms with Gasteiger partial charge in [-0.25, -0.2) is 8.42 Å². The molecule has 3 aromatic rings. The van der Waals surface area contributed by atoms with Gasteiger partial charge in [-0.1, -0.05) is 37.3 Å². The molecule has 0 saturated heterocycles. The summed E-state index contributed by atoms with van der Waals surface area (Å²) in [5, 5.41) is 4.22. The van der Waals surface area contributed by atoms with Gasteiger partial charge in [-0.05, 0) is 37.5 Å². The Morgan fingerprint density at radius 1 is 1.13 bits per heavy atom. The van der Waals surface area contributed by atoms with Crippen LogP contribution in [0.15, 0.2) is 48.7 Å². The molecule has 0 spiro atoms. The minimum absolute atomic E-state index is 0.0347. The third kappa shape index (κ3) is 5.82. The molecule has 0 bridgehead atoms. The predicted molar refractivity (Wildman–Crippen MR) is 125 cm³/mol. The van der Waals surface area contributed by atoms with Crippen molar-refractivity contribution >= 4 is 37.9 Å². The van der Waals surface area contributed by atoms with E-state index in [-0.39, 0.29) is 18.1 Å². The molecule has 0 atom stereocenters. The van der Waals surface area contributed by atoms with Crippen LogP contribution in [0.2, 0.25) is 0 Å². The molecule has 0 aliphatic carbocycles. The molecule has 0 saturated carbocycles. The van der Waals surface area contributed by atoms with E-state index < -0.39 is 9.84 Å². The second-order valence-electron chi connectivity index (χ2n) is 7.64. The van der Waals surface area contributed by atoms with Gasteiger partial charge in [-0.15, -0.1) is 0 Å². The van der Waals surface area contributed by atoms with Crippen molar-refractivity contribution in [2.45, 2.75) is 33.1 Å². The largest absolute Gasteiger partial charge is 0.491 e. The molecule has 7 heteroatoms. The van der Waals surface area contributed by atoms with Crippen molar-refractivity contribution in [1.29, 1.82) is 0 Å². The number of carbonyl (C=O) groups is 1. The highest BCUT2D eigenvalue weighted by molar-refractivity contribution is 7.90. The number of ether oxygens (including phenoxy) is 1. The van der Waals surface area contributed by atoms with Gasteiger partial charge in [0, 0.05) is 29.9 Å². The highest BCUT2D eigenvalue weighted by atomic mass is 32.2. The number of nitrogens with zero attached hydrogens (tertiary/aromatic N) is 1. The second kappa shape index (κ2) is 9.92. The Kier molecular flexibility index (Phi) is 7.28. The maximum atomic E-state index is 12.8. The number of aromatic nitrogens is 1. The Labute approximate surface area is 183 Å². The number of sulfone groups is 1. The third-order valence-corrected chi connectivity index (χ3v) is 5.99. The van der Waals surface area contributed by atoms with Crippen molar-refractivity contribution in [3.63, 3.8) is 0 Å². The van der Waals surface area contributed by atoms with E-state index in [9.17, 15) is 13.2 Å². The minimum Gasteiger partial charge on any atom is -0.491 e. The Morgan fingerprint density at radius 2 is 1.90 bits per heavy atom. The van der Waals surface area contributed by atoms with Crippen LogP contribution in [0.25, 0.3) is 10.9 Å². The molecular formula is C24H28N2O4S. The van der Waals surface area contributed by atoms with Crippen molar-refractivity contribution in [1.82, 2.24) is 4.98 Å². The Balaban J connectivity index is 2.01. The molecule has 1 aromatic heterocycles. The van der Waals surface area contributed by atoms with Crippen molar-refractivity contribution in [2.24, 2.45) is 0 Å². The lowest BCUT2D eigenvalue weighted by Gasteiger charge is -2.17. The number of rotatable bonds is 10. The average Bonchev–Trinajstić information content (AvgIpc) is 2.72. The molecule has 6 nitrogen and oxygen atoms in total. The first-order valence-corrected chi connectivity index (χ1v) is 12.4. The molecule has 0 aliphatic heterocycles. The number of fused-ring (bicyclic) bond motifs is 1. The SMILES string of the molecule is CCCC(=O)c1cnc2c(OCCCS(C)(=O)=O)cccc2c1Nc1ccccc1C. The highest BCUT2D eigenvalue weighted by Gasteiger charge is 2.18. The standard InChI is InChI=1S/C24H28N2O4S/c1-4-9-21(27)19-16-25-24-18(23(19)26-20-12-6-5-10-17(20)2)11-7-13-22(24)30-14-8-15-31(3,28)29/h5-7,10-13,16H,4,8-9,14-15H2,1-3H3,(H,25,26). The van der Waals surface area contributed by atoms with Crippen LogP contribution < -0.4 is 10.1 Å². The topological polar surface area (TPSA) is 85.4 Å². The lowest BCUT2D eigenvalue weighted by Crippen LogP contribution is -2.09. The Bertz CT molecular complexity index is 1190. The van der Waals surface area contributed by atoms with E-state index in [0.717, 1.165) is 23.1 Å². The van der Waals surface area contributed by atoms with Gasteiger partial charge in [0.25, 0.3) is 0 Å². The summed E-state index contributed by atoms with van der Waals surface area (Å²) < 4.78 is 28.5. The molecule has 3 rings (SSSR count). The Morgan fingerprint density at radius 3 is 2.61 bits per heavy atom. The van der Waals surface area contributed by atoms with Crippen molar-refractivity contribution in [3.8, 4) is 5.75 Å². The zero-order valence-corrected chi connectivity index (χ0v) is 19.0. The smallest absolute Gasteiger partial charge is 0.166 e. The van der Waals surface area contributed by atoms with E-state index in [4.69, 9.17) is 4.74 Å². The van der Waals surface area contributed by atoms with Crippen LogP contribution in [0.4, 0.5) is 11.4 Å². The van der Waals surface area contributed by atoms with E-state index in [1.165, 1.54) is 6.26 Å². The molecule has 0 amide bonds. The molecular weight excluding hydrogens is 412 g/mol. The van der Waals surface area contributed by atoms with E-state index in [2.05, 4.69) is 10.3 Å². The number of hydrogen-bond donors (Lipinski definition) is 1. The monoisotopic (exact) mass is 440 g/mol. The second-order valence-corrected chi connectivity index (χ2v) is 9.90. The molecule has 0 radical (unpaired) electrons. The fraction of sp³-hybridized carbons (Fsp3) is 0.333. The molecule has 31 heavy (non-hydrogen) atoms.